The minimum absolute atomic E-state index is 0.0132. The van der Waals surface area contributed by atoms with Gasteiger partial charge in [-0.15, -0.1) is 10.8 Å². The highest BCUT2D eigenvalue weighted by Gasteiger charge is 2.37. The van der Waals surface area contributed by atoms with Crippen molar-refractivity contribution < 1.29 is 23.4 Å². The highest BCUT2D eigenvalue weighted by molar-refractivity contribution is 8.22. The molecule has 0 saturated carbocycles. The summed E-state index contributed by atoms with van der Waals surface area (Å²) in [6.45, 7) is 0.249. The second kappa shape index (κ2) is 9.74. The Bertz CT molecular complexity index is 1340. The number of hydrogen-bond donors (Lipinski definition) is 3. The molecule has 1 aliphatic heterocycles. The molecule has 0 spiro atoms. The largest absolute Gasteiger partial charge is 0.478 e. The molecule has 35 heavy (non-hydrogen) atoms. The molecule has 0 saturated heterocycles. The number of benzene rings is 3. The van der Waals surface area contributed by atoms with Crippen molar-refractivity contribution in [3.05, 3.63) is 87.5 Å². The van der Waals surface area contributed by atoms with Gasteiger partial charge < -0.3 is 10.0 Å². The average Bonchev–Trinajstić information content (AvgIpc) is 2.91. The molecule has 0 aliphatic carbocycles. The number of hydrogen-bond acceptors (Lipinski definition) is 6. The smallest absolute Gasteiger partial charge is 0.338 e. The van der Waals surface area contributed by atoms with Crippen LogP contribution in [0.15, 0.2) is 70.7 Å². The SMILES string of the molecule is CN1C(CN=[N+]=[N-])CN(c2ccccc2)c2cc(Cl)c(-c3ccc(F)c(C(=O)O)c3)cc2S1(O)O. The first-order chi connectivity index (χ1) is 16.6. The van der Waals surface area contributed by atoms with Gasteiger partial charge in [0.05, 0.1) is 27.2 Å². The minimum atomic E-state index is -3.60. The topological polar surface area (TPSA) is 133 Å². The van der Waals surface area contributed by atoms with Crippen LogP contribution in [0, 0.1) is 5.82 Å². The van der Waals surface area contributed by atoms with Crippen LogP contribution in [0.4, 0.5) is 15.8 Å². The lowest BCUT2D eigenvalue weighted by Gasteiger charge is -2.42. The first-order valence-corrected chi connectivity index (χ1v) is 12.2. The molecular weight excluding hydrogens is 497 g/mol. The van der Waals surface area contributed by atoms with Crippen molar-refractivity contribution in [1.29, 1.82) is 0 Å². The van der Waals surface area contributed by atoms with Gasteiger partial charge in [-0.05, 0) is 47.5 Å². The van der Waals surface area contributed by atoms with E-state index >= 15 is 0 Å². The Morgan fingerprint density at radius 2 is 1.94 bits per heavy atom. The fraction of sp³-hybridized carbons (Fsp3) is 0.174. The third-order valence-corrected chi connectivity index (χ3v) is 8.21. The van der Waals surface area contributed by atoms with E-state index in [9.17, 15) is 23.4 Å². The van der Waals surface area contributed by atoms with Crippen LogP contribution in [-0.2, 0) is 0 Å². The maximum absolute atomic E-state index is 14.0. The third kappa shape index (κ3) is 4.65. The van der Waals surface area contributed by atoms with Crippen molar-refractivity contribution in [2.75, 3.05) is 25.0 Å². The minimum Gasteiger partial charge on any atom is -0.478 e. The Kier molecular flexibility index (Phi) is 6.91. The second-order valence-electron chi connectivity index (χ2n) is 7.88. The first kappa shape index (κ1) is 24.8. The molecule has 0 fully saturated rings. The van der Waals surface area contributed by atoms with E-state index in [1.54, 1.807) is 6.07 Å². The maximum Gasteiger partial charge on any atom is 0.338 e. The van der Waals surface area contributed by atoms with Gasteiger partial charge in [-0.25, -0.2) is 13.5 Å². The number of rotatable bonds is 5. The highest BCUT2D eigenvalue weighted by Crippen LogP contribution is 2.59. The molecule has 182 valence electrons. The Hall–Kier alpha value is -3.31. The fourth-order valence-corrected chi connectivity index (χ4v) is 5.85. The quantitative estimate of drug-likeness (QED) is 0.197. The highest BCUT2D eigenvalue weighted by atomic mass is 35.5. The van der Waals surface area contributed by atoms with Crippen LogP contribution in [0.2, 0.25) is 5.02 Å². The number of nitrogens with zero attached hydrogens (tertiary/aromatic N) is 5. The predicted octanol–water partition coefficient (Wildman–Crippen LogP) is 6.63. The van der Waals surface area contributed by atoms with E-state index < -0.39 is 34.2 Å². The van der Waals surface area contributed by atoms with E-state index in [0.717, 1.165) is 17.8 Å². The molecular formula is C23H21ClFN5O4S. The van der Waals surface area contributed by atoms with Crippen LogP contribution in [0.25, 0.3) is 21.6 Å². The predicted molar refractivity (Wildman–Crippen MR) is 134 cm³/mol. The Morgan fingerprint density at radius 3 is 2.60 bits per heavy atom. The standard InChI is InChI=1S/C23H21ClFN5O4S/c1-29-16(12-27-28-26)13-30(15-5-3-2-4-6-15)21-11-19(24)17(10-22(21)35(29,33)34)14-7-8-20(25)18(9-14)23(31)32/h2-11,16,33-34H,12-13H2,1H3,(H,31,32). The molecule has 1 unspecified atom stereocenters. The summed E-state index contributed by atoms with van der Waals surface area (Å²) in [5.74, 6) is -2.33. The third-order valence-electron chi connectivity index (χ3n) is 5.87. The molecule has 0 aromatic heterocycles. The Morgan fingerprint density at radius 1 is 1.23 bits per heavy atom. The van der Waals surface area contributed by atoms with Crippen LogP contribution < -0.4 is 4.90 Å². The van der Waals surface area contributed by atoms with Crippen molar-refractivity contribution in [2.45, 2.75) is 10.9 Å². The number of anilines is 2. The van der Waals surface area contributed by atoms with Crippen molar-refractivity contribution in [1.82, 2.24) is 4.31 Å². The lowest BCUT2D eigenvalue weighted by Crippen LogP contribution is -2.41. The number of fused-ring (bicyclic) bond motifs is 1. The zero-order chi connectivity index (χ0) is 25.3. The molecule has 3 aromatic rings. The number of carbonyl (C=O) groups is 1. The van der Waals surface area contributed by atoms with Crippen molar-refractivity contribution in [3.63, 3.8) is 0 Å². The van der Waals surface area contributed by atoms with Crippen molar-refractivity contribution in [3.8, 4) is 11.1 Å². The Labute approximate surface area is 207 Å². The van der Waals surface area contributed by atoms with Crippen LogP contribution in [0.5, 0.6) is 0 Å². The van der Waals surface area contributed by atoms with Gasteiger partial charge in [0.25, 0.3) is 0 Å². The number of halogens is 2. The molecule has 3 N–H and O–H groups in total. The molecule has 4 rings (SSSR count). The lowest BCUT2D eigenvalue weighted by atomic mass is 10.0. The molecule has 0 bridgehead atoms. The molecule has 9 nitrogen and oxygen atoms in total. The van der Waals surface area contributed by atoms with Gasteiger partial charge in [-0.3, -0.25) is 9.11 Å². The number of azide groups is 1. The van der Waals surface area contributed by atoms with Crippen molar-refractivity contribution >= 4 is 39.7 Å². The summed E-state index contributed by atoms with van der Waals surface area (Å²) >= 11 is 6.62. The van der Waals surface area contributed by atoms with Crippen LogP contribution in [0.3, 0.4) is 0 Å². The van der Waals surface area contributed by atoms with Gasteiger partial charge in [0.15, 0.2) is 0 Å². The summed E-state index contributed by atoms with van der Waals surface area (Å²) in [7, 11) is -2.07. The van der Waals surface area contributed by atoms with Crippen LogP contribution in [-0.4, -0.2) is 50.7 Å². The molecule has 1 heterocycles. The fourth-order valence-electron chi connectivity index (χ4n) is 3.99. The second-order valence-corrected chi connectivity index (χ2v) is 10.3. The van der Waals surface area contributed by atoms with E-state index in [2.05, 4.69) is 10.0 Å². The number of aromatic carboxylic acids is 1. The summed E-state index contributed by atoms with van der Waals surface area (Å²) < 4.78 is 38.1. The van der Waals surface area contributed by atoms with E-state index in [4.69, 9.17) is 17.1 Å². The molecule has 0 radical (unpaired) electrons. The average molecular weight is 518 g/mol. The van der Waals surface area contributed by atoms with Gasteiger partial charge in [0.1, 0.15) is 5.82 Å². The first-order valence-electron chi connectivity index (χ1n) is 10.4. The summed E-state index contributed by atoms with van der Waals surface area (Å²) in [5, 5.41) is 13.2. The van der Waals surface area contributed by atoms with E-state index in [1.165, 1.54) is 23.5 Å². The van der Waals surface area contributed by atoms with E-state index in [1.807, 2.05) is 35.2 Å². The van der Waals surface area contributed by atoms with E-state index in [0.29, 0.717) is 16.8 Å². The molecule has 12 heteroatoms. The Balaban J connectivity index is 1.95. The maximum atomic E-state index is 14.0. The molecule has 1 aliphatic rings. The molecule has 0 amide bonds. The van der Waals surface area contributed by atoms with Gasteiger partial charge in [-0.1, -0.05) is 41.0 Å². The zero-order valence-electron chi connectivity index (χ0n) is 18.4. The van der Waals surface area contributed by atoms with Gasteiger partial charge in [-0.2, -0.15) is 0 Å². The summed E-state index contributed by atoms with van der Waals surface area (Å²) in [6.07, 6.45) is 0. The van der Waals surface area contributed by atoms with Crippen LogP contribution in [0.1, 0.15) is 10.4 Å². The van der Waals surface area contributed by atoms with Gasteiger partial charge in [0.2, 0.25) is 0 Å². The zero-order valence-corrected chi connectivity index (χ0v) is 20.0. The monoisotopic (exact) mass is 517 g/mol. The normalized spacial score (nSPS) is 18.2. The molecule has 3 aromatic carbocycles. The number of carboxylic acids is 1. The number of para-hydroxylation sites is 1. The summed E-state index contributed by atoms with van der Waals surface area (Å²) in [4.78, 5) is 16.3. The van der Waals surface area contributed by atoms with Crippen molar-refractivity contribution in [2.24, 2.45) is 5.11 Å². The van der Waals surface area contributed by atoms with Gasteiger partial charge >= 0.3 is 5.97 Å². The summed E-state index contributed by atoms with van der Waals surface area (Å²) in [6, 6.07) is 15.3. The lowest BCUT2D eigenvalue weighted by molar-refractivity contribution is 0.0692. The number of likely N-dealkylation sites (N-methyl/N-ethyl adjacent to an activating group) is 1. The van der Waals surface area contributed by atoms with Gasteiger partial charge in [0, 0.05) is 36.3 Å². The van der Waals surface area contributed by atoms with Crippen LogP contribution >= 0.6 is 22.4 Å². The summed E-state index contributed by atoms with van der Waals surface area (Å²) in [5.41, 5.74) is 10.1. The number of carboxylic acid groups (broad SMARTS) is 1. The molecule has 1 atom stereocenters. The van der Waals surface area contributed by atoms with E-state index in [-0.39, 0.29) is 23.0 Å².